The fraction of sp³-hybridized carbons (Fsp3) is 0.0185. The van der Waals surface area contributed by atoms with Crippen molar-refractivity contribution in [3.8, 4) is 50.5 Å². The predicted octanol–water partition coefficient (Wildman–Crippen LogP) is 14.0. The number of rotatable bonds is 8. The van der Waals surface area contributed by atoms with Gasteiger partial charge in [0.15, 0.2) is 0 Å². The second-order valence-electron chi connectivity index (χ2n) is 14.6. The zero-order valence-electron chi connectivity index (χ0n) is 32.0. The van der Waals surface area contributed by atoms with Gasteiger partial charge in [0, 0.05) is 32.8 Å². The van der Waals surface area contributed by atoms with Crippen LogP contribution in [0.3, 0.4) is 0 Å². The molecule has 0 unspecified atom stereocenters. The molecule has 58 heavy (non-hydrogen) atoms. The summed E-state index contributed by atoms with van der Waals surface area (Å²) in [6.45, 7) is 6.15. The van der Waals surface area contributed by atoms with Crippen LogP contribution in [0.1, 0.15) is 11.1 Å². The molecule has 2 aromatic heterocycles. The first kappa shape index (κ1) is 34.8. The lowest BCUT2D eigenvalue weighted by molar-refractivity contribution is 0.918. The highest BCUT2D eigenvalue weighted by Gasteiger charge is 2.21. The summed E-state index contributed by atoms with van der Waals surface area (Å²) in [6.07, 6.45) is 1.81. The fourth-order valence-corrected chi connectivity index (χ4v) is 8.01. The summed E-state index contributed by atoms with van der Waals surface area (Å²) in [5.74, 6) is 0. The number of pyridine rings is 1. The summed E-state index contributed by atoms with van der Waals surface area (Å²) in [6, 6.07) is 68.1. The Morgan fingerprint density at radius 2 is 1.22 bits per heavy atom. The third-order valence-corrected chi connectivity index (χ3v) is 10.9. The molecule has 2 heterocycles. The molecule has 4 heteroatoms. The molecule has 0 N–H and O–H groups in total. The number of aryl methyl sites for hydroxylation is 1. The van der Waals surface area contributed by atoms with E-state index in [0.29, 0.717) is 0 Å². The topological polar surface area (TPSA) is 43.1 Å². The van der Waals surface area contributed by atoms with Crippen molar-refractivity contribution in [2.75, 3.05) is 0 Å². The molecule has 0 radical (unpaired) electrons. The standard InChI is InChI=1S/C54H38N4/c1-3-48(39-18-9-5-10-19-39)55-51-36(2)26-27-41-30-33-49(56-53(41)51)44-24-15-23-42(34-44)37-28-31-45(32-29-37)58-54-46-25-14-13-22-43(46)35-47(38-16-7-4-8-17-38)50(54)52(57-58)40-20-11-6-12-21-40/h3-35H,1H2,2H3. The minimum absolute atomic E-state index is 0.818. The van der Waals surface area contributed by atoms with Gasteiger partial charge in [-0.25, -0.2) is 14.7 Å². The van der Waals surface area contributed by atoms with Gasteiger partial charge in [-0.2, -0.15) is 5.10 Å². The number of hydrogen-bond donors (Lipinski definition) is 0. The first-order valence-electron chi connectivity index (χ1n) is 19.6. The molecule has 0 spiro atoms. The Balaban J connectivity index is 1.06. The smallest absolute Gasteiger partial charge is 0.101 e. The molecule has 10 aromatic rings. The number of aromatic nitrogens is 3. The summed E-state index contributed by atoms with van der Waals surface area (Å²) in [5.41, 5.74) is 15.2. The van der Waals surface area contributed by atoms with Crippen molar-refractivity contribution in [2.24, 2.45) is 4.99 Å². The summed E-state index contributed by atoms with van der Waals surface area (Å²) in [7, 11) is 0. The molecular formula is C54H38N4. The van der Waals surface area contributed by atoms with Crippen molar-refractivity contribution in [3.05, 3.63) is 218 Å². The summed E-state index contributed by atoms with van der Waals surface area (Å²) < 4.78 is 2.13. The average Bonchev–Trinajstić information content (AvgIpc) is 3.70. The van der Waals surface area contributed by atoms with Crippen molar-refractivity contribution >= 4 is 44.0 Å². The minimum Gasteiger partial charge on any atom is -0.246 e. The number of benzene rings is 8. The normalized spacial score (nSPS) is 11.7. The van der Waals surface area contributed by atoms with Crippen molar-refractivity contribution in [1.29, 1.82) is 0 Å². The van der Waals surface area contributed by atoms with E-state index in [1.165, 1.54) is 16.5 Å². The minimum atomic E-state index is 0.818. The molecule has 8 aromatic carbocycles. The van der Waals surface area contributed by atoms with Gasteiger partial charge in [-0.15, -0.1) is 0 Å². The van der Waals surface area contributed by atoms with Crippen molar-refractivity contribution in [2.45, 2.75) is 6.92 Å². The van der Waals surface area contributed by atoms with Crippen LogP contribution in [0, 0.1) is 6.92 Å². The Morgan fingerprint density at radius 3 is 1.98 bits per heavy atom. The summed E-state index contributed by atoms with van der Waals surface area (Å²) in [5, 5.41) is 9.92. The predicted molar refractivity (Wildman–Crippen MR) is 243 cm³/mol. The maximum absolute atomic E-state index is 5.39. The van der Waals surface area contributed by atoms with Crippen molar-refractivity contribution in [3.63, 3.8) is 0 Å². The number of hydrogen-bond acceptors (Lipinski definition) is 3. The Bertz CT molecular complexity index is 3160. The Kier molecular flexibility index (Phi) is 8.85. The summed E-state index contributed by atoms with van der Waals surface area (Å²) in [4.78, 5) is 10.3. The van der Waals surface area contributed by atoms with E-state index in [1.54, 1.807) is 0 Å². The van der Waals surface area contributed by atoms with Gasteiger partial charge < -0.3 is 0 Å². The highest BCUT2D eigenvalue weighted by Crippen LogP contribution is 2.42. The Morgan fingerprint density at radius 1 is 0.569 bits per heavy atom. The SMILES string of the molecule is C=CC(=Nc1c(C)ccc2ccc(-c3cccc(-c4ccc(-n5nc(-c6ccccc6)c6c(-c7ccccc7)cc7ccccc7c65)cc4)c3)nc12)c1ccccc1. The van der Waals surface area contributed by atoms with Crippen LogP contribution in [0.4, 0.5) is 5.69 Å². The van der Waals surface area contributed by atoms with Crippen LogP contribution in [0.2, 0.25) is 0 Å². The van der Waals surface area contributed by atoms with E-state index in [0.717, 1.165) is 89.0 Å². The second kappa shape index (κ2) is 14.8. The first-order valence-corrected chi connectivity index (χ1v) is 19.6. The van der Waals surface area contributed by atoms with E-state index in [-0.39, 0.29) is 0 Å². The number of aliphatic imine (C=N–C) groups is 1. The third-order valence-electron chi connectivity index (χ3n) is 10.9. The van der Waals surface area contributed by atoms with Gasteiger partial charge in [-0.05, 0) is 76.5 Å². The van der Waals surface area contributed by atoms with Crippen LogP contribution in [0.15, 0.2) is 212 Å². The van der Waals surface area contributed by atoms with Crippen molar-refractivity contribution in [1.82, 2.24) is 14.8 Å². The lowest BCUT2D eigenvalue weighted by Gasteiger charge is -2.12. The molecule has 0 amide bonds. The monoisotopic (exact) mass is 742 g/mol. The first-order chi connectivity index (χ1) is 28.6. The highest BCUT2D eigenvalue weighted by molar-refractivity contribution is 6.17. The maximum Gasteiger partial charge on any atom is 0.101 e. The molecule has 0 fully saturated rings. The summed E-state index contributed by atoms with van der Waals surface area (Å²) >= 11 is 0. The molecule has 10 rings (SSSR count). The van der Waals surface area contributed by atoms with Gasteiger partial charge in [0.1, 0.15) is 5.69 Å². The Hall–Kier alpha value is -7.69. The van der Waals surface area contributed by atoms with Crippen LogP contribution in [-0.4, -0.2) is 20.5 Å². The highest BCUT2D eigenvalue weighted by atomic mass is 15.3. The number of allylic oxidation sites excluding steroid dienone is 1. The van der Waals surface area contributed by atoms with Gasteiger partial charge in [-0.1, -0.05) is 170 Å². The largest absolute Gasteiger partial charge is 0.246 e. The molecule has 0 saturated heterocycles. The van der Waals surface area contributed by atoms with E-state index in [1.807, 2.05) is 24.3 Å². The van der Waals surface area contributed by atoms with E-state index >= 15 is 0 Å². The van der Waals surface area contributed by atoms with Crippen molar-refractivity contribution < 1.29 is 0 Å². The Labute approximate surface area is 337 Å². The van der Waals surface area contributed by atoms with Gasteiger partial charge in [-0.3, -0.25) is 0 Å². The van der Waals surface area contributed by atoms with E-state index in [9.17, 15) is 0 Å². The molecule has 4 nitrogen and oxygen atoms in total. The molecule has 0 aliphatic rings. The molecule has 0 atom stereocenters. The lowest BCUT2D eigenvalue weighted by atomic mass is 9.94. The van der Waals surface area contributed by atoms with Gasteiger partial charge >= 0.3 is 0 Å². The number of nitrogens with zero attached hydrogens (tertiary/aromatic N) is 4. The van der Waals surface area contributed by atoms with Crippen LogP contribution in [-0.2, 0) is 0 Å². The molecule has 0 aliphatic heterocycles. The van der Waals surface area contributed by atoms with Gasteiger partial charge in [0.05, 0.1) is 33.8 Å². The lowest BCUT2D eigenvalue weighted by Crippen LogP contribution is -1.97. The zero-order chi connectivity index (χ0) is 39.0. The zero-order valence-corrected chi connectivity index (χ0v) is 32.0. The van der Waals surface area contributed by atoms with E-state index < -0.39 is 0 Å². The van der Waals surface area contributed by atoms with Crippen LogP contribution >= 0.6 is 0 Å². The molecule has 0 aliphatic carbocycles. The van der Waals surface area contributed by atoms with Crippen LogP contribution < -0.4 is 0 Å². The van der Waals surface area contributed by atoms with E-state index in [4.69, 9.17) is 15.1 Å². The molecule has 0 bridgehead atoms. The van der Waals surface area contributed by atoms with Crippen LogP contribution in [0.5, 0.6) is 0 Å². The van der Waals surface area contributed by atoms with E-state index in [2.05, 4.69) is 194 Å². The fourth-order valence-electron chi connectivity index (χ4n) is 8.01. The quantitative estimate of drug-likeness (QED) is 0.146. The maximum atomic E-state index is 5.39. The molecule has 274 valence electrons. The van der Waals surface area contributed by atoms with Gasteiger partial charge in [0.2, 0.25) is 0 Å². The van der Waals surface area contributed by atoms with Crippen LogP contribution in [0.25, 0.3) is 83.0 Å². The number of fused-ring (bicyclic) bond motifs is 4. The molecule has 0 saturated carbocycles. The van der Waals surface area contributed by atoms with Gasteiger partial charge in [0.25, 0.3) is 0 Å². The second-order valence-corrected chi connectivity index (χ2v) is 14.6. The average molecular weight is 743 g/mol. The molecular weight excluding hydrogens is 705 g/mol. The third kappa shape index (κ3) is 6.27.